The third-order valence-electron chi connectivity index (χ3n) is 6.08. The van der Waals surface area contributed by atoms with Gasteiger partial charge in [0.25, 0.3) is 0 Å². The van der Waals surface area contributed by atoms with Crippen LogP contribution >= 0.6 is 0 Å². The summed E-state index contributed by atoms with van der Waals surface area (Å²) in [6, 6.07) is 0. The Hall–Kier alpha value is -0.520. The highest BCUT2D eigenvalue weighted by Crippen LogP contribution is 2.40. The second kappa shape index (κ2) is 6.96. The van der Waals surface area contributed by atoms with Crippen molar-refractivity contribution in [2.24, 2.45) is 17.8 Å². The molecule has 0 N–H and O–H groups in total. The van der Waals surface area contributed by atoms with Crippen LogP contribution in [0, 0.1) is 17.8 Å². The average molecular weight is 272 g/mol. The quantitative estimate of drug-likeness (QED) is 0.476. The monoisotopic (exact) mass is 272 g/mol. The van der Waals surface area contributed by atoms with E-state index in [4.69, 9.17) is 0 Å². The van der Waals surface area contributed by atoms with Gasteiger partial charge in [0.1, 0.15) is 0 Å². The molecule has 4 aliphatic rings. The Morgan fingerprint density at radius 1 is 0.750 bits per heavy atom. The Bertz CT molecular complexity index is 365. The van der Waals surface area contributed by atoms with Crippen LogP contribution in [0.1, 0.15) is 84.0 Å². The fraction of sp³-hybridized carbons (Fsp3) is 0.800. The van der Waals surface area contributed by atoms with Crippen LogP contribution in [-0.4, -0.2) is 0 Å². The van der Waals surface area contributed by atoms with Gasteiger partial charge in [0.05, 0.1) is 0 Å². The van der Waals surface area contributed by atoms with Gasteiger partial charge in [-0.15, -0.1) is 0 Å². The van der Waals surface area contributed by atoms with E-state index in [9.17, 15) is 0 Å². The molecule has 4 aliphatic carbocycles. The molecular weight excluding hydrogens is 240 g/mol. The Morgan fingerprint density at radius 2 is 1.45 bits per heavy atom. The third kappa shape index (κ3) is 3.57. The van der Waals surface area contributed by atoms with Gasteiger partial charge in [-0.2, -0.15) is 0 Å². The zero-order chi connectivity index (χ0) is 13.8. The van der Waals surface area contributed by atoms with Crippen molar-refractivity contribution in [2.75, 3.05) is 0 Å². The molecule has 3 fully saturated rings. The van der Waals surface area contributed by atoms with Crippen LogP contribution in [0.5, 0.6) is 0 Å². The van der Waals surface area contributed by atoms with Crippen LogP contribution in [0.2, 0.25) is 0 Å². The van der Waals surface area contributed by atoms with Crippen molar-refractivity contribution >= 4 is 0 Å². The summed E-state index contributed by atoms with van der Waals surface area (Å²) in [4.78, 5) is 0. The van der Waals surface area contributed by atoms with Crippen molar-refractivity contribution in [3.8, 4) is 0 Å². The second-order valence-electron chi connectivity index (χ2n) is 7.64. The van der Waals surface area contributed by atoms with Gasteiger partial charge in [0, 0.05) is 0 Å². The van der Waals surface area contributed by atoms with Crippen LogP contribution in [0.4, 0.5) is 0 Å². The number of fused-ring (bicyclic) bond motifs is 9. The molecule has 0 aromatic rings. The minimum Gasteiger partial charge on any atom is -0.0585 e. The van der Waals surface area contributed by atoms with Crippen LogP contribution in [0.25, 0.3) is 0 Å². The van der Waals surface area contributed by atoms with Gasteiger partial charge in [0.2, 0.25) is 0 Å². The molecule has 1 atom stereocenters. The van der Waals surface area contributed by atoms with E-state index in [1.807, 2.05) is 0 Å². The lowest BCUT2D eigenvalue weighted by atomic mass is 9.74. The van der Waals surface area contributed by atoms with Crippen molar-refractivity contribution < 1.29 is 0 Å². The maximum absolute atomic E-state index is 2.48. The highest BCUT2D eigenvalue weighted by molar-refractivity contribution is 5.46. The molecule has 3 saturated carbocycles. The lowest BCUT2D eigenvalue weighted by Gasteiger charge is -2.32. The molecule has 1 unspecified atom stereocenters. The van der Waals surface area contributed by atoms with Gasteiger partial charge in [0.15, 0.2) is 0 Å². The fourth-order valence-electron chi connectivity index (χ4n) is 4.67. The van der Waals surface area contributed by atoms with Gasteiger partial charge >= 0.3 is 0 Å². The molecule has 112 valence electrons. The van der Waals surface area contributed by atoms with Crippen molar-refractivity contribution in [3.05, 3.63) is 23.3 Å². The summed E-state index contributed by atoms with van der Waals surface area (Å²) in [6.45, 7) is 2.48. The Kier molecular flexibility index (Phi) is 5.02. The highest BCUT2D eigenvalue weighted by atomic mass is 14.3. The van der Waals surface area contributed by atoms with Gasteiger partial charge in [-0.05, 0) is 48.2 Å². The first-order valence-electron chi connectivity index (χ1n) is 9.24. The maximum atomic E-state index is 2.48. The van der Waals surface area contributed by atoms with E-state index in [1.165, 1.54) is 77.0 Å². The van der Waals surface area contributed by atoms with E-state index in [0.717, 1.165) is 17.8 Å². The predicted octanol–water partition coefficient (Wildman–Crippen LogP) is 6.43. The molecule has 2 bridgehead atoms. The molecule has 0 aromatic heterocycles. The van der Waals surface area contributed by atoms with E-state index in [2.05, 4.69) is 19.1 Å². The van der Waals surface area contributed by atoms with Crippen LogP contribution in [0.15, 0.2) is 23.3 Å². The molecular formula is C20H32. The molecule has 20 heavy (non-hydrogen) atoms. The second-order valence-corrected chi connectivity index (χ2v) is 7.64. The van der Waals surface area contributed by atoms with Crippen molar-refractivity contribution in [3.63, 3.8) is 0 Å². The lowest BCUT2D eigenvalue weighted by Crippen LogP contribution is -2.18. The number of allylic oxidation sites excluding steroid dienone is 4. The van der Waals surface area contributed by atoms with E-state index in [-0.39, 0.29) is 0 Å². The summed E-state index contributed by atoms with van der Waals surface area (Å²) in [5, 5.41) is 0. The van der Waals surface area contributed by atoms with E-state index in [1.54, 1.807) is 11.1 Å². The average Bonchev–Trinajstić information content (AvgIpc) is 2.42. The van der Waals surface area contributed by atoms with Crippen molar-refractivity contribution in [1.82, 2.24) is 0 Å². The van der Waals surface area contributed by atoms with Gasteiger partial charge in [-0.25, -0.2) is 0 Å². The number of hydrogen-bond donors (Lipinski definition) is 0. The Labute approximate surface area is 125 Å². The summed E-state index contributed by atoms with van der Waals surface area (Å²) in [7, 11) is 0. The largest absolute Gasteiger partial charge is 0.0585 e. The van der Waals surface area contributed by atoms with Gasteiger partial charge < -0.3 is 0 Å². The molecule has 0 aromatic carbocycles. The molecule has 0 spiro atoms. The highest BCUT2D eigenvalue weighted by Gasteiger charge is 2.25. The molecule has 0 saturated heterocycles. The summed E-state index contributed by atoms with van der Waals surface area (Å²) in [5.74, 6) is 2.92. The molecule has 0 radical (unpaired) electrons. The van der Waals surface area contributed by atoms with E-state index in [0.29, 0.717) is 0 Å². The van der Waals surface area contributed by atoms with Crippen molar-refractivity contribution in [1.29, 1.82) is 0 Å². The Balaban J connectivity index is 1.58. The van der Waals surface area contributed by atoms with Crippen LogP contribution in [-0.2, 0) is 0 Å². The van der Waals surface area contributed by atoms with Crippen LogP contribution < -0.4 is 0 Å². The SMILES string of the molecule is CC1CC2CCC(CCCCCCCC3=CC=C31)CC2. The van der Waals surface area contributed by atoms with Gasteiger partial charge in [-0.1, -0.05) is 76.9 Å². The topological polar surface area (TPSA) is 0 Å². The molecule has 0 heterocycles. The Morgan fingerprint density at radius 3 is 2.20 bits per heavy atom. The number of hydrogen-bond acceptors (Lipinski definition) is 0. The van der Waals surface area contributed by atoms with E-state index >= 15 is 0 Å². The summed E-state index contributed by atoms with van der Waals surface area (Å²) in [5.41, 5.74) is 3.41. The normalized spacial score (nSPS) is 36.0. The molecule has 4 rings (SSSR count). The zero-order valence-corrected chi connectivity index (χ0v) is 13.4. The third-order valence-corrected chi connectivity index (χ3v) is 6.08. The van der Waals surface area contributed by atoms with Gasteiger partial charge in [-0.3, -0.25) is 0 Å². The minimum atomic E-state index is 0.821. The van der Waals surface area contributed by atoms with Crippen molar-refractivity contribution in [2.45, 2.75) is 84.0 Å². The molecule has 0 nitrogen and oxygen atoms in total. The first-order chi connectivity index (χ1) is 9.83. The standard InChI is InChI=1S/C20H32/c1-16-15-18-11-9-17(10-12-18)7-5-3-2-4-6-8-19-13-14-20(16)19/h13-14,16-18H,2-12,15H2,1H3. The fourth-order valence-corrected chi connectivity index (χ4v) is 4.67. The first-order valence-corrected chi connectivity index (χ1v) is 9.24. The zero-order valence-electron chi connectivity index (χ0n) is 13.4. The predicted molar refractivity (Wildman–Crippen MR) is 87.7 cm³/mol. The summed E-state index contributed by atoms with van der Waals surface area (Å²) in [6.07, 6.45) is 22.5. The summed E-state index contributed by atoms with van der Waals surface area (Å²) >= 11 is 0. The van der Waals surface area contributed by atoms with E-state index < -0.39 is 0 Å². The molecule has 0 heteroatoms. The smallest absolute Gasteiger partial charge is 0.0185 e. The lowest BCUT2D eigenvalue weighted by molar-refractivity contribution is 0.236. The van der Waals surface area contributed by atoms with Crippen LogP contribution in [0.3, 0.4) is 0 Å². The first kappa shape index (κ1) is 14.4. The minimum absolute atomic E-state index is 0.821. The molecule has 0 aliphatic heterocycles. The molecule has 0 amide bonds. The number of rotatable bonds is 0. The maximum Gasteiger partial charge on any atom is -0.0185 e. The summed E-state index contributed by atoms with van der Waals surface area (Å²) < 4.78 is 0.